The van der Waals surface area contributed by atoms with Crippen LogP contribution in [0.5, 0.6) is 11.5 Å². The van der Waals surface area contributed by atoms with E-state index in [1.54, 1.807) is 38.5 Å². The average Bonchev–Trinajstić information content (AvgIpc) is 3.38. The summed E-state index contributed by atoms with van der Waals surface area (Å²) in [7, 11) is 3.09. The Morgan fingerprint density at radius 2 is 1.53 bits per heavy atom. The van der Waals surface area contributed by atoms with E-state index in [2.05, 4.69) is 5.32 Å². The third-order valence-corrected chi connectivity index (χ3v) is 7.80. The van der Waals surface area contributed by atoms with E-state index in [-0.39, 0.29) is 67.3 Å². The molecule has 3 N–H and O–H groups in total. The Balaban J connectivity index is 0.00000600. The molecule has 0 fully saturated rings. The molecule has 9 nitrogen and oxygen atoms in total. The quantitative estimate of drug-likeness (QED) is 0.166. The Bertz CT molecular complexity index is 1640. The Morgan fingerprint density at radius 1 is 0.894 bits per heavy atom. The minimum absolute atomic E-state index is 0. The van der Waals surface area contributed by atoms with Crippen molar-refractivity contribution in [2.45, 2.75) is 64.3 Å². The molecule has 0 saturated heterocycles. The Hall–Kier alpha value is -3.67. The van der Waals surface area contributed by atoms with Crippen molar-refractivity contribution in [1.82, 2.24) is 9.88 Å². The first-order valence-corrected chi connectivity index (χ1v) is 15.2. The summed E-state index contributed by atoms with van der Waals surface area (Å²) in [4.78, 5) is 25.2. The zero-order valence-electron chi connectivity index (χ0n) is 27.5. The number of nitrogens with one attached hydrogen (secondary N) is 1. The van der Waals surface area contributed by atoms with Gasteiger partial charge in [0.25, 0.3) is 5.91 Å². The zero-order chi connectivity index (χ0) is 33.4. The van der Waals surface area contributed by atoms with Gasteiger partial charge in [-0.05, 0) is 74.1 Å². The van der Waals surface area contributed by atoms with E-state index in [1.807, 2.05) is 54.8 Å². The van der Waals surface area contributed by atoms with Gasteiger partial charge in [-0.3, -0.25) is 4.79 Å². The van der Waals surface area contributed by atoms with Crippen LogP contribution in [0.2, 0.25) is 0 Å². The van der Waals surface area contributed by atoms with Crippen molar-refractivity contribution in [3.63, 3.8) is 0 Å². The second-order valence-corrected chi connectivity index (χ2v) is 11.4. The van der Waals surface area contributed by atoms with E-state index < -0.39 is 30.4 Å². The number of hydrogen-bond acceptors (Lipinski definition) is 7. The fraction of sp³-hybridized carbons (Fsp3) is 0.333. The van der Waals surface area contributed by atoms with Crippen molar-refractivity contribution in [2.24, 2.45) is 0 Å². The summed E-state index contributed by atoms with van der Waals surface area (Å²) < 4.78 is 26.8. The van der Waals surface area contributed by atoms with Gasteiger partial charge in [0.15, 0.2) is 11.5 Å². The second-order valence-electron chi connectivity index (χ2n) is 11.4. The summed E-state index contributed by atoms with van der Waals surface area (Å²) >= 11 is 0. The predicted octanol–water partition coefficient (Wildman–Crippen LogP) is 1.68. The number of carbonyl (C=O) groups is 2. The van der Waals surface area contributed by atoms with Crippen LogP contribution in [0.1, 0.15) is 60.9 Å². The molecule has 4 rings (SSSR count). The molecule has 2 atom stereocenters. The molecule has 0 aliphatic heterocycles. The van der Waals surface area contributed by atoms with Gasteiger partial charge in [0.05, 0.1) is 26.4 Å². The molecule has 0 saturated carbocycles. The molecule has 3 aromatic carbocycles. The maximum absolute atomic E-state index is 14.3. The van der Waals surface area contributed by atoms with Crippen molar-refractivity contribution in [3.05, 3.63) is 95.6 Å². The summed E-state index contributed by atoms with van der Waals surface area (Å²) in [5.74, 6) is -1.03. The van der Waals surface area contributed by atoms with E-state index in [0.717, 1.165) is 22.4 Å². The molecule has 1 aromatic heterocycles. The fourth-order valence-electron chi connectivity index (χ4n) is 5.76. The Labute approximate surface area is 296 Å². The van der Waals surface area contributed by atoms with Gasteiger partial charge < -0.3 is 39.5 Å². The number of amides is 1. The van der Waals surface area contributed by atoms with E-state index >= 15 is 0 Å². The van der Waals surface area contributed by atoms with Gasteiger partial charge in [-0.25, -0.2) is 4.39 Å². The molecule has 1 heterocycles. The first kappa shape index (κ1) is 37.8. The Kier molecular flexibility index (Phi) is 14.0. The van der Waals surface area contributed by atoms with Gasteiger partial charge in [0, 0.05) is 41.8 Å². The number of ether oxygens (including phenoxy) is 2. The number of halogens is 1. The van der Waals surface area contributed by atoms with Gasteiger partial charge in [-0.2, -0.15) is 0 Å². The van der Waals surface area contributed by atoms with Crippen molar-refractivity contribution >= 4 is 11.9 Å². The van der Waals surface area contributed by atoms with Crippen LogP contribution in [0.15, 0.2) is 72.8 Å². The number of nitrogens with zero attached hydrogens (tertiary/aromatic N) is 1. The van der Waals surface area contributed by atoms with Crippen LogP contribution in [0.4, 0.5) is 4.39 Å². The standard InChI is InChI=1S/C36H41FN2O7.Na/c1-22(2)39-29(16-15-27(40)19-28(41)20-32(42)43)33(25-11-13-26(37)14-12-25)34(24-8-6-5-7-9-24)35(39)36(44)38-21-23-10-17-30(45-3)31(18-23)46-4;/h5-14,17-18,22,27-28,40-41H,15-16,19-21H2,1-4H3,(H,38,44)(H,42,43);/q;+1/p-1/t27-,28-;/m1./s1. The molecule has 1 amide bonds. The van der Waals surface area contributed by atoms with Crippen LogP contribution in [0.25, 0.3) is 22.3 Å². The molecule has 0 spiro atoms. The number of rotatable bonds is 15. The maximum Gasteiger partial charge on any atom is 1.00 e. The molecule has 0 unspecified atom stereocenters. The summed E-state index contributed by atoms with van der Waals surface area (Å²) in [6.45, 7) is 4.11. The smallest absolute Gasteiger partial charge is 0.550 e. The monoisotopic (exact) mass is 654 g/mol. The van der Waals surface area contributed by atoms with Gasteiger partial charge in [-0.15, -0.1) is 0 Å². The number of carbonyl (C=O) groups excluding carboxylic acids is 2. The van der Waals surface area contributed by atoms with E-state index in [1.165, 1.54) is 12.1 Å². The van der Waals surface area contributed by atoms with E-state index in [0.29, 0.717) is 28.3 Å². The molecule has 0 aliphatic carbocycles. The summed E-state index contributed by atoms with van der Waals surface area (Å²) in [6, 6.07) is 20.7. The number of aliphatic carboxylic acids is 1. The number of hydrogen-bond donors (Lipinski definition) is 3. The largest absolute Gasteiger partial charge is 1.00 e. The molecule has 0 aliphatic rings. The number of methoxy groups -OCH3 is 2. The Morgan fingerprint density at radius 3 is 2.13 bits per heavy atom. The first-order valence-electron chi connectivity index (χ1n) is 15.2. The van der Waals surface area contributed by atoms with Crippen LogP contribution in [0.3, 0.4) is 0 Å². The summed E-state index contributed by atoms with van der Waals surface area (Å²) in [5.41, 5.74) is 4.80. The number of aliphatic hydroxyl groups excluding tert-OH is 2. The van der Waals surface area contributed by atoms with E-state index in [4.69, 9.17) is 9.47 Å². The number of aromatic nitrogens is 1. The molecule has 47 heavy (non-hydrogen) atoms. The van der Waals surface area contributed by atoms with Crippen LogP contribution in [0, 0.1) is 5.82 Å². The fourth-order valence-corrected chi connectivity index (χ4v) is 5.76. The second kappa shape index (κ2) is 17.5. The van der Waals surface area contributed by atoms with Gasteiger partial charge >= 0.3 is 29.6 Å². The van der Waals surface area contributed by atoms with Crippen LogP contribution >= 0.6 is 0 Å². The van der Waals surface area contributed by atoms with Crippen LogP contribution < -0.4 is 49.5 Å². The van der Waals surface area contributed by atoms with Gasteiger partial charge in [0.1, 0.15) is 11.5 Å². The van der Waals surface area contributed by atoms with Crippen LogP contribution in [-0.2, 0) is 17.8 Å². The van der Waals surface area contributed by atoms with Crippen molar-refractivity contribution < 1.29 is 68.3 Å². The normalized spacial score (nSPS) is 12.3. The summed E-state index contributed by atoms with van der Waals surface area (Å²) in [5, 5.41) is 34.9. The third kappa shape index (κ3) is 9.46. The number of aliphatic hydroxyl groups is 2. The van der Waals surface area contributed by atoms with Gasteiger partial charge in [-0.1, -0.05) is 48.5 Å². The summed E-state index contributed by atoms with van der Waals surface area (Å²) in [6.07, 6.45) is -2.54. The third-order valence-electron chi connectivity index (χ3n) is 7.80. The van der Waals surface area contributed by atoms with Crippen molar-refractivity contribution in [1.29, 1.82) is 0 Å². The topological polar surface area (TPSA) is 133 Å². The number of carboxylic acid groups (broad SMARTS) is 1. The van der Waals surface area contributed by atoms with Gasteiger partial charge in [0.2, 0.25) is 0 Å². The first-order chi connectivity index (χ1) is 22.0. The molecule has 11 heteroatoms. The van der Waals surface area contributed by atoms with E-state index in [9.17, 15) is 29.3 Å². The molecular weight excluding hydrogens is 614 g/mol. The average molecular weight is 655 g/mol. The molecule has 0 radical (unpaired) electrons. The van der Waals surface area contributed by atoms with Crippen LogP contribution in [-0.4, -0.2) is 53.1 Å². The molecular formula is C36H40FN2NaO7. The zero-order valence-corrected chi connectivity index (χ0v) is 29.5. The van der Waals surface area contributed by atoms with Crippen molar-refractivity contribution in [3.8, 4) is 33.8 Å². The predicted molar refractivity (Wildman–Crippen MR) is 171 cm³/mol. The number of carboxylic acids is 1. The molecule has 0 bridgehead atoms. The molecule has 4 aromatic rings. The maximum atomic E-state index is 14.3. The van der Waals surface area contributed by atoms with Crippen molar-refractivity contribution in [2.75, 3.05) is 14.2 Å². The minimum atomic E-state index is -1.40. The number of benzene rings is 3. The SMILES string of the molecule is COc1ccc(CNC(=O)c2c(-c3ccccc3)c(-c3ccc(F)cc3)c(CC[C@@H](O)C[C@@H](O)CC(=O)[O-])n2C(C)C)cc1OC.[Na+]. The minimum Gasteiger partial charge on any atom is -0.550 e. The molecule has 244 valence electrons.